The first-order chi connectivity index (χ1) is 9.62. The van der Waals surface area contributed by atoms with Gasteiger partial charge in [-0.05, 0) is 42.9 Å². The standard InChI is InChI=1S/C17H22Cl2O/c18-14-7-6-13(11-15(14)19)17(8-3-9-17)16(20)10-12-4-1-2-5-12/h6-7,11-12,16,20H,1-5,8-10H2. The Morgan fingerprint density at radius 3 is 2.35 bits per heavy atom. The molecule has 0 heterocycles. The minimum atomic E-state index is -0.239. The maximum Gasteiger partial charge on any atom is 0.0639 e. The van der Waals surface area contributed by atoms with Gasteiger partial charge in [0.1, 0.15) is 0 Å². The first kappa shape index (κ1) is 14.7. The van der Waals surface area contributed by atoms with Gasteiger partial charge in [-0.3, -0.25) is 0 Å². The smallest absolute Gasteiger partial charge is 0.0639 e. The first-order valence-electron chi connectivity index (χ1n) is 7.75. The van der Waals surface area contributed by atoms with Crippen molar-refractivity contribution in [1.29, 1.82) is 0 Å². The third kappa shape index (κ3) is 2.61. The predicted octanol–water partition coefficient (Wildman–Crippen LogP) is 5.36. The molecule has 1 atom stereocenters. The topological polar surface area (TPSA) is 20.2 Å². The Bertz CT molecular complexity index is 476. The van der Waals surface area contributed by atoms with Crippen LogP contribution in [-0.2, 0) is 5.41 Å². The van der Waals surface area contributed by atoms with Crippen LogP contribution in [0.15, 0.2) is 18.2 Å². The molecule has 0 radical (unpaired) electrons. The van der Waals surface area contributed by atoms with Crippen molar-refractivity contribution < 1.29 is 5.11 Å². The monoisotopic (exact) mass is 312 g/mol. The van der Waals surface area contributed by atoms with E-state index in [0.29, 0.717) is 16.0 Å². The molecule has 3 rings (SSSR count). The molecule has 110 valence electrons. The second-order valence-electron chi connectivity index (χ2n) is 6.54. The molecular formula is C17H22Cl2O. The molecule has 0 bridgehead atoms. The summed E-state index contributed by atoms with van der Waals surface area (Å²) in [7, 11) is 0. The molecule has 0 amide bonds. The number of aliphatic hydroxyl groups is 1. The molecule has 0 spiro atoms. The van der Waals surface area contributed by atoms with Gasteiger partial charge in [-0.1, -0.05) is 61.4 Å². The zero-order valence-corrected chi connectivity index (χ0v) is 13.3. The summed E-state index contributed by atoms with van der Waals surface area (Å²) in [6.45, 7) is 0. The average molecular weight is 313 g/mol. The van der Waals surface area contributed by atoms with Gasteiger partial charge in [0.15, 0.2) is 0 Å². The minimum absolute atomic E-state index is 0.0726. The number of aliphatic hydroxyl groups excluding tert-OH is 1. The fraction of sp³-hybridized carbons (Fsp3) is 0.647. The highest BCUT2D eigenvalue weighted by Gasteiger charge is 2.45. The van der Waals surface area contributed by atoms with Crippen molar-refractivity contribution in [3.8, 4) is 0 Å². The van der Waals surface area contributed by atoms with Crippen LogP contribution in [0.25, 0.3) is 0 Å². The van der Waals surface area contributed by atoms with Crippen molar-refractivity contribution in [2.45, 2.75) is 62.9 Å². The summed E-state index contributed by atoms with van der Waals surface area (Å²) in [4.78, 5) is 0. The summed E-state index contributed by atoms with van der Waals surface area (Å²) in [5.41, 5.74) is 1.10. The van der Waals surface area contributed by atoms with Crippen molar-refractivity contribution >= 4 is 23.2 Å². The van der Waals surface area contributed by atoms with Gasteiger partial charge < -0.3 is 5.11 Å². The maximum absolute atomic E-state index is 10.8. The summed E-state index contributed by atoms with van der Waals surface area (Å²) < 4.78 is 0. The van der Waals surface area contributed by atoms with Crippen molar-refractivity contribution in [2.24, 2.45) is 5.92 Å². The fourth-order valence-electron chi connectivity index (χ4n) is 3.97. The van der Waals surface area contributed by atoms with Crippen molar-refractivity contribution in [2.75, 3.05) is 0 Å². The van der Waals surface area contributed by atoms with E-state index in [1.807, 2.05) is 18.2 Å². The Hall–Kier alpha value is -0.240. The van der Waals surface area contributed by atoms with E-state index in [9.17, 15) is 5.11 Å². The van der Waals surface area contributed by atoms with E-state index in [4.69, 9.17) is 23.2 Å². The van der Waals surface area contributed by atoms with Crippen LogP contribution < -0.4 is 0 Å². The van der Waals surface area contributed by atoms with Crippen LogP contribution >= 0.6 is 23.2 Å². The maximum atomic E-state index is 10.8. The largest absolute Gasteiger partial charge is 0.392 e. The molecule has 2 aliphatic carbocycles. The Morgan fingerprint density at radius 1 is 1.10 bits per heavy atom. The molecule has 20 heavy (non-hydrogen) atoms. The summed E-state index contributed by atoms with van der Waals surface area (Å²) in [6, 6.07) is 5.87. The highest BCUT2D eigenvalue weighted by atomic mass is 35.5. The van der Waals surface area contributed by atoms with Crippen LogP contribution in [-0.4, -0.2) is 11.2 Å². The molecule has 0 saturated heterocycles. The molecule has 1 aromatic carbocycles. The van der Waals surface area contributed by atoms with Crippen LogP contribution in [0.5, 0.6) is 0 Å². The highest BCUT2D eigenvalue weighted by molar-refractivity contribution is 6.42. The van der Waals surface area contributed by atoms with Gasteiger partial charge in [0.25, 0.3) is 0 Å². The van der Waals surface area contributed by atoms with E-state index in [1.165, 1.54) is 37.7 Å². The summed E-state index contributed by atoms with van der Waals surface area (Å²) >= 11 is 12.2. The van der Waals surface area contributed by atoms with E-state index in [1.54, 1.807) is 0 Å². The number of hydrogen-bond acceptors (Lipinski definition) is 1. The molecule has 1 N–H and O–H groups in total. The Balaban J connectivity index is 1.80. The van der Waals surface area contributed by atoms with E-state index < -0.39 is 0 Å². The van der Waals surface area contributed by atoms with Crippen LogP contribution in [0.2, 0.25) is 10.0 Å². The van der Waals surface area contributed by atoms with E-state index >= 15 is 0 Å². The van der Waals surface area contributed by atoms with Crippen molar-refractivity contribution in [1.82, 2.24) is 0 Å². The van der Waals surface area contributed by atoms with Crippen molar-refractivity contribution in [3.05, 3.63) is 33.8 Å². The zero-order valence-electron chi connectivity index (χ0n) is 11.7. The number of benzene rings is 1. The predicted molar refractivity (Wildman–Crippen MR) is 84.6 cm³/mol. The Kier molecular flexibility index (Phi) is 4.31. The van der Waals surface area contributed by atoms with Gasteiger partial charge in [0, 0.05) is 5.41 Å². The average Bonchev–Trinajstić information content (AvgIpc) is 2.85. The van der Waals surface area contributed by atoms with Crippen LogP contribution in [0, 0.1) is 5.92 Å². The van der Waals surface area contributed by atoms with Crippen LogP contribution in [0.4, 0.5) is 0 Å². The fourth-order valence-corrected chi connectivity index (χ4v) is 4.26. The summed E-state index contributed by atoms with van der Waals surface area (Å²) in [5, 5.41) is 12.0. The molecular weight excluding hydrogens is 291 g/mol. The van der Waals surface area contributed by atoms with Gasteiger partial charge in [0.2, 0.25) is 0 Å². The third-order valence-corrected chi connectivity index (χ3v) is 6.15. The van der Waals surface area contributed by atoms with Gasteiger partial charge in [-0.2, -0.15) is 0 Å². The van der Waals surface area contributed by atoms with Crippen molar-refractivity contribution in [3.63, 3.8) is 0 Å². The van der Waals surface area contributed by atoms with Gasteiger partial charge >= 0.3 is 0 Å². The molecule has 3 heteroatoms. The Labute approximate surface area is 131 Å². The Morgan fingerprint density at radius 2 is 1.80 bits per heavy atom. The number of hydrogen-bond donors (Lipinski definition) is 1. The SMILES string of the molecule is OC(CC1CCCC1)C1(c2ccc(Cl)c(Cl)c2)CCC1. The lowest BCUT2D eigenvalue weighted by atomic mass is 9.60. The third-order valence-electron chi connectivity index (χ3n) is 5.41. The molecule has 2 aliphatic rings. The van der Waals surface area contributed by atoms with Crippen LogP contribution in [0.3, 0.4) is 0 Å². The second kappa shape index (κ2) is 5.87. The molecule has 1 nitrogen and oxygen atoms in total. The minimum Gasteiger partial charge on any atom is -0.392 e. The lowest BCUT2D eigenvalue weighted by Crippen LogP contribution is -2.46. The van der Waals surface area contributed by atoms with Crippen LogP contribution in [0.1, 0.15) is 56.9 Å². The van der Waals surface area contributed by atoms with Gasteiger partial charge in [0.05, 0.1) is 16.1 Å². The molecule has 1 aromatic rings. The number of rotatable bonds is 4. The molecule has 1 unspecified atom stereocenters. The molecule has 0 aliphatic heterocycles. The molecule has 2 saturated carbocycles. The quantitative estimate of drug-likeness (QED) is 0.793. The first-order valence-corrected chi connectivity index (χ1v) is 8.51. The second-order valence-corrected chi connectivity index (χ2v) is 7.35. The highest BCUT2D eigenvalue weighted by Crippen LogP contribution is 2.49. The number of halogens is 2. The lowest BCUT2D eigenvalue weighted by Gasteiger charge is -2.47. The molecule has 2 fully saturated rings. The summed E-state index contributed by atoms with van der Waals surface area (Å²) in [5.74, 6) is 0.713. The lowest BCUT2D eigenvalue weighted by molar-refractivity contribution is 0.0114. The van der Waals surface area contributed by atoms with E-state index in [-0.39, 0.29) is 11.5 Å². The van der Waals surface area contributed by atoms with E-state index in [2.05, 4.69) is 0 Å². The normalized spacial score (nSPS) is 23.6. The van der Waals surface area contributed by atoms with Gasteiger partial charge in [-0.25, -0.2) is 0 Å². The van der Waals surface area contributed by atoms with E-state index in [0.717, 1.165) is 19.3 Å². The zero-order chi connectivity index (χ0) is 14.2. The molecule has 0 aromatic heterocycles. The summed E-state index contributed by atoms with van der Waals surface area (Å²) in [6.07, 6.45) is 9.27. The van der Waals surface area contributed by atoms with Gasteiger partial charge in [-0.15, -0.1) is 0 Å².